The fourth-order valence-corrected chi connectivity index (χ4v) is 3.41. The lowest BCUT2D eigenvalue weighted by molar-refractivity contribution is -0.286. The zero-order chi connectivity index (χ0) is 18.6. The number of halogens is 2. The predicted molar refractivity (Wildman–Crippen MR) is 80.8 cm³/mol. The number of hydrogen-bond donors (Lipinski definition) is 0. The number of nitriles is 1. The minimum Gasteiger partial charge on any atom is -0.395 e. The van der Waals surface area contributed by atoms with Gasteiger partial charge in [-0.25, -0.2) is 4.98 Å². The maximum absolute atomic E-state index is 13.2. The highest BCUT2D eigenvalue weighted by molar-refractivity contribution is 7.79. The van der Waals surface area contributed by atoms with Crippen LogP contribution in [0, 0.1) is 25.2 Å². The van der Waals surface area contributed by atoms with Crippen LogP contribution in [0.15, 0.2) is 16.7 Å². The van der Waals surface area contributed by atoms with Crippen LogP contribution in [0.25, 0.3) is 11.0 Å². The highest BCUT2D eigenvalue weighted by Crippen LogP contribution is 2.43. The first-order chi connectivity index (χ1) is 12.3. The molecule has 1 atom stereocenters. The monoisotopic (exact) mass is 382 g/mol. The number of rotatable bonds is 3. The van der Waals surface area contributed by atoms with Crippen molar-refractivity contribution in [3.63, 3.8) is 0 Å². The molecule has 1 unspecified atom stereocenters. The molecule has 0 amide bonds. The Balaban J connectivity index is 1.82. The van der Waals surface area contributed by atoms with E-state index in [1.54, 1.807) is 19.9 Å². The van der Waals surface area contributed by atoms with Crippen molar-refractivity contribution in [1.82, 2.24) is 14.1 Å². The molecule has 3 heterocycles. The van der Waals surface area contributed by atoms with E-state index in [9.17, 15) is 18.3 Å². The van der Waals surface area contributed by atoms with Crippen LogP contribution in [0.4, 0.5) is 8.78 Å². The van der Waals surface area contributed by atoms with Gasteiger partial charge in [0.15, 0.2) is 17.3 Å². The van der Waals surface area contributed by atoms with Gasteiger partial charge in [-0.2, -0.15) is 13.4 Å². The highest BCUT2D eigenvalue weighted by atomic mass is 32.2. The van der Waals surface area contributed by atoms with Crippen molar-refractivity contribution in [2.75, 3.05) is 0 Å². The molecule has 134 valence electrons. The summed E-state index contributed by atoms with van der Waals surface area (Å²) in [6.45, 7) is 3.14. The molecular weight excluding hydrogens is 374 g/mol. The molecule has 0 aliphatic carbocycles. The summed E-state index contributed by atoms with van der Waals surface area (Å²) in [4.78, 5) is 3.96. The summed E-state index contributed by atoms with van der Waals surface area (Å²) in [6, 6.07) is 4.09. The number of aryl methyl sites for hydroxylation is 2. The van der Waals surface area contributed by atoms with E-state index in [2.05, 4.69) is 19.6 Å². The Morgan fingerprint density at radius 1 is 1.31 bits per heavy atom. The summed E-state index contributed by atoms with van der Waals surface area (Å²) in [5, 5.41) is 12.9. The fourth-order valence-electron chi connectivity index (χ4n) is 2.42. The third-order valence-electron chi connectivity index (χ3n) is 3.51. The Bertz CT molecular complexity index is 1100. The van der Waals surface area contributed by atoms with Gasteiger partial charge < -0.3 is 18.2 Å². The van der Waals surface area contributed by atoms with E-state index < -0.39 is 17.6 Å². The SMILES string of the molecule is Cc1noc(C)c1OS(=O)n1c(C#N)nc2cc3c(cc21)OC(F)(F)O3. The Labute approximate surface area is 146 Å². The molecule has 1 aromatic carbocycles. The van der Waals surface area contributed by atoms with E-state index in [1.165, 1.54) is 0 Å². The molecule has 1 aliphatic heterocycles. The van der Waals surface area contributed by atoms with Gasteiger partial charge in [0.05, 0.1) is 11.0 Å². The lowest BCUT2D eigenvalue weighted by Crippen LogP contribution is -2.25. The van der Waals surface area contributed by atoms with Crippen LogP contribution in [-0.4, -0.2) is 24.6 Å². The smallest absolute Gasteiger partial charge is 0.395 e. The van der Waals surface area contributed by atoms with E-state index in [0.29, 0.717) is 5.69 Å². The van der Waals surface area contributed by atoms with Crippen LogP contribution >= 0.6 is 0 Å². The van der Waals surface area contributed by atoms with Crippen molar-refractivity contribution in [3.8, 4) is 23.3 Å². The standard InChI is InChI=1S/C14H8F2N4O5S/c1-6-13(7(2)24-19-6)25-26(21)20-9-4-11-10(22-14(15,16)23-11)3-8(9)18-12(20)5-17/h3-4H,1-2H3. The number of hydrogen-bond acceptors (Lipinski definition) is 8. The van der Waals surface area contributed by atoms with Gasteiger partial charge in [-0.05, 0) is 6.92 Å². The number of aromatic nitrogens is 3. The molecule has 0 saturated heterocycles. The minimum absolute atomic E-state index is 0.0895. The molecule has 3 aromatic rings. The van der Waals surface area contributed by atoms with Gasteiger partial charge in [-0.3, -0.25) is 0 Å². The lowest BCUT2D eigenvalue weighted by Gasteiger charge is -2.06. The Kier molecular flexibility index (Phi) is 3.38. The molecule has 0 bridgehead atoms. The molecule has 2 aromatic heterocycles. The topological polar surface area (TPSA) is 112 Å². The first kappa shape index (κ1) is 16.3. The summed E-state index contributed by atoms with van der Waals surface area (Å²) < 4.78 is 59.0. The number of nitrogens with zero attached hydrogens (tertiary/aromatic N) is 4. The second kappa shape index (κ2) is 5.40. The van der Waals surface area contributed by atoms with E-state index in [0.717, 1.165) is 16.1 Å². The van der Waals surface area contributed by atoms with Crippen molar-refractivity contribution >= 4 is 22.3 Å². The van der Waals surface area contributed by atoms with Gasteiger partial charge in [0.25, 0.3) is 0 Å². The first-order valence-electron chi connectivity index (χ1n) is 7.05. The fraction of sp³-hybridized carbons (Fsp3) is 0.214. The van der Waals surface area contributed by atoms with Gasteiger partial charge in [0, 0.05) is 19.1 Å². The Morgan fingerprint density at radius 2 is 2.00 bits per heavy atom. The zero-order valence-electron chi connectivity index (χ0n) is 13.1. The largest absolute Gasteiger partial charge is 0.586 e. The Hall–Kier alpha value is -3.20. The van der Waals surface area contributed by atoms with Crippen LogP contribution in [0.3, 0.4) is 0 Å². The van der Waals surface area contributed by atoms with Gasteiger partial charge in [-0.1, -0.05) is 5.16 Å². The number of ether oxygens (including phenoxy) is 2. The number of fused-ring (bicyclic) bond motifs is 2. The summed E-state index contributed by atoms with van der Waals surface area (Å²) >= 11 is -2.26. The van der Waals surface area contributed by atoms with Crippen molar-refractivity contribution in [1.29, 1.82) is 5.26 Å². The molecule has 4 rings (SSSR count). The normalized spacial score (nSPS) is 15.8. The van der Waals surface area contributed by atoms with Crippen molar-refractivity contribution < 1.29 is 31.2 Å². The second-order valence-corrected chi connectivity index (χ2v) is 6.22. The summed E-state index contributed by atoms with van der Waals surface area (Å²) in [5.41, 5.74) is 0.556. The molecule has 9 nitrogen and oxygen atoms in total. The van der Waals surface area contributed by atoms with E-state index in [4.69, 9.17) is 8.71 Å². The number of alkyl halides is 2. The number of benzene rings is 1. The van der Waals surface area contributed by atoms with Crippen LogP contribution in [0.1, 0.15) is 17.3 Å². The number of imidazole rings is 1. The molecule has 0 N–H and O–H groups in total. The van der Waals surface area contributed by atoms with Crippen molar-refractivity contribution in [3.05, 3.63) is 29.4 Å². The first-order valence-corrected chi connectivity index (χ1v) is 8.08. The van der Waals surface area contributed by atoms with Gasteiger partial charge in [0.1, 0.15) is 11.8 Å². The summed E-state index contributed by atoms with van der Waals surface area (Å²) in [7, 11) is 0. The molecular formula is C14H8F2N4O5S. The highest BCUT2D eigenvalue weighted by Gasteiger charge is 2.44. The average Bonchev–Trinajstić information content (AvgIpc) is 3.18. The Morgan fingerprint density at radius 3 is 2.62 bits per heavy atom. The van der Waals surface area contributed by atoms with E-state index in [1.807, 2.05) is 0 Å². The van der Waals surface area contributed by atoms with E-state index in [-0.39, 0.29) is 39.9 Å². The second-order valence-electron chi connectivity index (χ2n) is 5.25. The van der Waals surface area contributed by atoms with Crippen molar-refractivity contribution in [2.24, 2.45) is 0 Å². The van der Waals surface area contributed by atoms with Crippen LogP contribution in [0.2, 0.25) is 0 Å². The molecule has 1 aliphatic rings. The molecule has 0 fully saturated rings. The molecule has 26 heavy (non-hydrogen) atoms. The maximum atomic E-state index is 13.2. The predicted octanol–water partition coefficient (Wildman–Crippen LogP) is 2.34. The van der Waals surface area contributed by atoms with Gasteiger partial charge >= 0.3 is 17.6 Å². The van der Waals surface area contributed by atoms with E-state index >= 15 is 0 Å². The average molecular weight is 382 g/mol. The molecule has 0 saturated carbocycles. The van der Waals surface area contributed by atoms with Crippen LogP contribution < -0.4 is 13.7 Å². The van der Waals surface area contributed by atoms with Gasteiger partial charge in [0.2, 0.25) is 11.6 Å². The van der Waals surface area contributed by atoms with Crippen LogP contribution in [-0.2, 0) is 11.3 Å². The maximum Gasteiger partial charge on any atom is 0.586 e. The quantitative estimate of drug-likeness (QED) is 0.678. The summed E-state index contributed by atoms with van der Waals surface area (Å²) in [5.74, 6) is -0.338. The van der Waals surface area contributed by atoms with Crippen molar-refractivity contribution in [2.45, 2.75) is 20.1 Å². The molecule has 0 spiro atoms. The third kappa shape index (κ3) is 2.44. The molecule has 12 heteroatoms. The molecule has 0 radical (unpaired) electrons. The van der Waals surface area contributed by atoms with Gasteiger partial charge in [-0.15, -0.1) is 8.78 Å². The lowest BCUT2D eigenvalue weighted by atomic mass is 10.3. The van der Waals surface area contributed by atoms with Crippen LogP contribution in [0.5, 0.6) is 17.2 Å². The summed E-state index contributed by atoms with van der Waals surface area (Å²) in [6.07, 6.45) is -3.81. The zero-order valence-corrected chi connectivity index (χ0v) is 14.0. The minimum atomic E-state index is -3.81. The third-order valence-corrected chi connectivity index (χ3v) is 4.48.